The molecule has 0 spiro atoms. The van der Waals surface area contributed by atoms with E-state index in [-0.39, 0.29) is 6.61 Å². The van der Waals surface area contributed by atoms with E-state index in [1.165, 1.54) is 5.69 Å². The number of halogens is 1. The highest BCUT2D eigenvalue weighted by molar-refractivity contribution is 9.10. The molecule has 0 atom stereocenters. The third-order valence-electron chi connectivity index (χ3n) is 2.91. The summed E-state index contributed by atoms with van der Waals surface area (Å²) >= 11 is 3.40. The van der Waals surface area contributed by atoms with Crippen LogP contribution in [0.1, 0.15) is 6.42 Å². The number of hydrogen-bond acceptors (Lipinski definition) is 3. The second-order valence-corrected chi connectivity index (χ2v) is 5.24. The fraction of sp³-hybridized carbons (Fsp3) is 0.357. The van der Waals surface area contributed by atoms with Gasteiger partial charge in [-0.2, -0.15) is 5.10 Å². The predicted octanol–water partition coefficient (Wildman–Crippen LogP) is 2.53. The van der Waals surface area contributed by atoms with Crippen LogP contribution < -0.4 is 4.90 Å². The van der Waals surface area contributed by atoms with Gasteiger partial charge in [-0.1, -0.05) is 18.2 Å². The molecule has 2 aromatic rings. The third-order valence-corrected chi connectivity index (χ3v) is 3.32. The number of hydrogen-bond donors (Lipinski definition) is 1. The van der Waals surface area contributed by atoms with Gasteiger partial charge in [0.2, 0.25) is 0 Å². The third kappa shape index (κ3) is 4.36. The number of benzene rings is 1. The van der Waals surface area contributed by atoms with Crippen molar-refractivity contribution in [3.05, 3.63) is 47.2 Å². The van der Waals surface area contributed by atoms with E-state index >= 15 is 0 Å². The molecule has 1 aromatic carbocycles. The Balaban J connectivity index is 1.97. The summed E-state index contributed by atoms with van der Waals surface area (Å²) < 4.78 is 2.91. The average Bonchev–Trinajstić information content (AvgIpc) is 2.86. The van der Waals surface area contributed by atoms with Gasteiger partial charge in [-0.05, 0) is 34.5 Å². The van der Waals surface area contributed by atoms with Crippen molar-refractivity contribution in [1.29, 1.82) is 0 Å². The van der Waals surface area contributed by atoms with Crippen molar-refractivity contribution in [3.63, 3.8) is 0 Å². The number of aromatic nitrogens is 2. The van der Waals surface area contributed by atoms with Crippen LogP contribution in [-0.4, -0.2) is 34.6 Å². The number of para-hydroxylation sites is 1. The lowest BCUT2D eigenvalue weighted by atomic mass is 10.2. The fourth-order valence-corrected chi connectivity index (χ4v) is 2.28. The minimum atomic E-state index is 0.219. The maximum absolute atomic E-state index is 9.00. The van der Waals surface area contributed by atoms with Crippen molar-refractivity contribution in [2.45, 2.75) is 13.0 Å². The first-order valence-electron chi connectivity index (χ1n) is 6.38. The van der Waals surface area contributed by atoms with E-state index in [0.717, 1.165) is 30.5 Å². The molecule has 1 aromatic heterocycles. The van der Waals surface area contributed by atoms with E-state index in [9.17, 15) is 0 Å². The molecule has 0 unspecified atom stereocenters. The molecular weight excluding hydrogens is 306 g/mol. The smallest absolute Gasteiger partial charge is 0.0632 e. The highest BCUT2D eigenvalue weighted by Crippen LogP contribution is 2.14. The van der Waals surface area contributed by atoms with Gasteiger partial charge in [0.15, 0.2) is 0 Å². The predicted molar refractivity (Wildman–Crippen MR) is 80.3 cm³/mol. The zero-order chi connectivity index (χ0) is 13.5. The van der Waals surface area contributed by atoms with Crippen LogP contribution in [0.15, 0.2) is 47.2 Å². The second-order valence-electron chi connectivity index (χ2n) is 4.32. The van der Waals surface area contributed by atoms with E-state index < -0.39 is 0 Å². The lowest BCUT2D eigenvalue weighted by Crippen LogP contribution is -2.29. The minimum Gasteiger partial charge on any atom is -0.396 e. The van der Waals surface area contributed by atoms with Gasteiger partial charge < -0.3 is 10.0 Å². The molecule has 0 bridgehead atoms. The minimum absolute atomic E-state index is 0.219. The van der Waals surface area contributed by atoms with Crippen molar-refractivity contribution in [3.8, 4) is 0 Å². The Morgan fingerprint density at radius 2 is 2.00 bits per heavy atom. The molecule has 0 amide bonds. The first kappa shape index (κ1) is 14.1. The van der Waals surface area contributed by atoms with E-state index in [2.05, 4.69) is 38.1 Å². The average molecular weight is 324 g/mol. The van der Waals surface area contributed by atoms with Gasteiger partial charge in [-0.15, -0.1) is 0 Å². The maximum Gasteiger partial charge on any atom is 0.0632 e. The molecule has 1 heterocycles. The van der Waals surface area contributed by atoms with Crippen molar-refractivity contribution < 1.29 is 5.11 Å². The topological polar surface area (TPSA) is 41.3 Å². The summed E-state index contributed by atoms with van der Waals surface area (Å²) in [5.41, 5.74) is 1.18. The van der Waals surface area contributed by atoms with Crippen LogP contribution in [0.25, 0.3) is 0 Å². The Kier molecular flexibility index (Phi) is 5.42. The highest BCUT2D eigenvalue weighted by Gasteiger charge is 2.06. The lowest BCUT2D eigenvalue weighted by molar-refractivity contribution is 0.289. The summed E-state index contributed by atoms with van der Waals surface area (Å²) in [6.45, 7) is 2.77. The number of anilines is 1. The van der Waals surface area contributed by atoms with Crippen molar-refractivity contribution in [2.24, 2.45) is 0 Å². The molecule has 4 nitrogen and oxygen atoms in total. The maximum atomic E-state index is 9.00. The summed E-state index contributed by atoms with van der Waals surface area (Å²) in [5, 5.41) is 13.3. The molecule has 0 aliphatic heterocycles. The van der Waals surface area contributed by atoms with Crippen molar-refractivity contribution >= 4 is 21.6 Å². The van der Waals surface area contributed by atoms with E-state index in [0.29, 0.717) is 0 Å². The zero-order valence-corrected chi connectivity index (χ0v) is 12.3. The van der Waals surface area contributed by atoms with Crippen molar-refractivity contribution in [2.75, 3.05) is 24.6 Å². The fourth-order valence-electron chi connectivity index (χ4n) is 1.95. The molecule has 19 heavy (non-hydrogen) atoms. The Hall–Kier alpha value is -1.33. The zero-order valence-electron chi connectivity index (χ0n) is 10.7. The number of rotatable bonds is 7. The Labute approximate surface area is 121 Å². The molecule has 0 aliphatic carbocycles. The largest absolute Gasteiger partial charge is 0.396 e. The molecule has 5 heteroatoms. The SMILES string of the molecule is OCCCN(CCn1cc(Br)cn1)c1ccccc1. The molecule has 0 saturated heterocycles. The van der Waals surface area contributed by atoms with Gasteiger partial charge in [0.05, 0.1) is 17.2 Å². The second kappa shape index (κ2) is 7.31. The molecule has 102 valence electrons. The Bertz CT molecular complexity index is 486. The molecule has 1 N–H and O–H groups in total. The standard InChI is InChI=1S/C14H18BrN3O/c15-13-11-16-18(12-13)9-8-17(7-4-10-19)14-5-2-1-3-6-14/h1-3,5-6,11-12,19H,4,7-10H2. The van der Waals surface area contributed by atoms with Gasteiger partial charge >= 0.3 is 0 Å². The van der Waals surface area contributed by atoms with Crippen molar-refractivity contribution in [1.82, 2.24) is 9.78 Å². The Morgan fingerprint density at radius 1 is 1.21 bits per heavy atom. The summed E-state index contributed by atoms with van der Waals surface area (Å²) in [6, 6.07) is 10.3. The van der Waals surface area contributed by atoms with Crippen LogP contribution >= 0.6 is 15.9 Å². The quantitative estimate of drug-likeness (QED) is 0.851. The van der Waals surface area contributed by atoms with Crippen LogP contribution in [0.4, 0.5) is 5.69 Å². The summed E-state index contributed by atoms with van der Waals surface area (Å²) in [7, 11) is 0. The van der Waals surface area contributed by atoms with Gasteiger partial charge in [0.25, 0.3) is 0 Å². The molecule has 0 aliphatic rings. The highest BCUT2D eigenvalue weighted by atomic mass is 79.9. The van der Waals surface area contributed by atoms with Gasteiger partial charge in [0, 0.05) is 31.6 Å². The first-order valence-corrected chi connectivity index (χ1v) is 7.17. The summed E-state index contributed by atoms with van der Waals surface area (Å²) in [4.78, 5) is 2.27. The number of nitrogens with zero attached hydrogens (tertiary/aromatic N) is 3. The number of aliphatic hydroxyl groups is 1. The lowest BCUT2D eigenvalue weighted by Gasteiger charge is -2.24. The van der Waals surface area contributed by atoms with Crippen LogP contribution in [0.5, 0.6) is 0 Å². The first-order chi connectivity index (χ1) is 9.29. The summed E-state index contributed by atoms with van der Waals surface area (Å²) in [6.07, 6.45) is 4.54. The monoisotopic (exact) mass is 323 g/mol. The van der Waals surface area contributed by atoms with Crippen LogP contribution in [0.3, 0.4) is 0 Å². The summed E-state index contributed by atoms with van der Waals surface area (Å²) in [5.74, 6) is 0. The normalized spacial score (nSPS) is 10.6. The molecular formula is C14H18BrN3O. The van der Waals surface area contributed by atoms with Gasteiger partial charge in [-0.25, -0.2) is 0 Å². The van der Waals surface area contributed by atoms with Crippen LogP contribution in [0.2, 0.25) is 0 Å². The number of aliphatic hydroxyl groups excluding tert-OH is 1. The van der Waals surface area contributed by atoms with Gasteiger partial charge in [0.1, 0.15) is 0 Å². The van der Waals surface area contributed by atoms with E-state index in [4.69, 9.17) is 5.11 Å². The molecule has 0 fully saturated rings. The van der Waals surface area contributed by atoms with Crippen LogP contribution in [-0.2, 0) is 6.54 Å². The Morgan fingerprint density at radius 3 is 2.63 bits per heavy atom. The van der Waals surface area contributed by atoms with Gasteiger partial charge in [-0.3, -0.25) is 4.68 Å². The van der Waals surface area contributed by atoms with Crippen LogP contribution in [0, 0.1) is 0 Å². The molecule has 0 radical (unpaired) electrons. The van der Waals surface area contributed by atoms with E-state index in [1.807, 2.05) is 29.1 Å². The molecule has 2 rings (SSSR count). The molecule has 0 saturated carbocycles. The van der Waals surface area contributed by atoms with E-state index in [1.54, 1.807) is 6.20 Å².